The monoisotopic (exact) mass is 387 g/mol. The molecular formula is C22H21N5O2. The first-order chi connectivity index (χ1) is 14.2. The Hall–Kier alpha value is -3.87. The second-order valence-corrected chi connectivity index (χ2v) is 6.50. The fraction of sp³-hybridized carbons (Fsp3) is 0.136. The number of para-hydroxylation sites is 2. The number of hydrogen-bond acceptors (Lipinski definition) is 4. The molecular weight excluding hydrogens is 366 g/mol. The van der Waals surface area contributed by atoms with Crippen molar-refractivity contribution in [3.63, 3.8) is 0 Å². The van der Waals surface area contributed by atoms with Crippen LogP contribution in [0.5, 0.6) is 5.75 Å². The Balaban J connectivity index is 1.50. The van der Waals surface area contributed by atoms with E-state index < -0.39 is 0 Å². The summed E-state index contributed by atoms with van der Waals surface area (Å²) in [5.41, 5.74) is 7.28. The molecule has 0 spiro atoms. The van der Waals surface area contributed by atoms with Crippen molar-refractivity contribution in [2.45, 2.75) is 13.8 Å². The fourth-order valence-electron chi connectivity index (χ4n) is 3.22. The highest BCUT2D eigenvalue weighted by atomic mass is 16.5. The number of H-pyrrole nitrogens is 2. The molecule has 0 aliphatic heterocycles. The number of hydrazone groups is 1. The molecule has 2 aromatic carbocycles. The van der Waals surface area contributed by atoms with Gasteiger partial charge in [0.15, 0.2) is 0 Å². The van der Waals surface area contributed by atoms with Gasteiger partial charge in [0, 0.05) is 27.7 Å². The van der Waals surface area contributed by atoms with Crippen LogP contribution in [0.4, 0.5) is 0 Å². The van der Waals surface area contributed by atoms with Crippen molar-refractivity contribution in [1.82, 2.24) is 20.6 Å². The first-order valence-electron chi connectivity index (χ1n) is 9.35. The summed E-state index contributed by atoms with van der Waals surface area (Å²) in [7, 11) is 0. The summed E-state index contributed by atoms with van der Waals surface area (Å²) in [6.07, 6.45) is 1.65. The first kappa shape index (κ1) is 18.5. The van der Waals surface area contributed by atoms with Gasteiger partial charge >= 0.3 is 0 Å². The number of carbonyl (C=O) groups excluding carboxylic acids is 1. The number of nitrogens with one attached hydrogen (secondary N) is 3. The van der Waals surface area contributed by atoms with Crippen LogP contribution in [0.1, 0.15) is 28.7 Å². The second-order valence-electron chi connectivity index (χ2n) is 6.50. The van der Waals surface area contributed by atoms with Gasteiger partial charge in [-0.25, -0.2) is 5.43 Å². The van der Waals surface area contributed by atoms with E-state index in [0.717, 1.165) is 33.5 Å². The molecule has 7 nitrogen and oxygen atoms in total. The van der Waals surface area contributed by atoms with Crippen LogP contribution in [0.15, 0.2) is 59.7 Å². The maximum Gasteiger partial charge on any atom is 0.289 e. The lowest BCUT2D eigenvalue weighted by atomic mass is 10.1. The van der Waals surface area contributed by atoms with Crippen LogP contribution in [0.3, 0.4) is 0 Å². The van der Waals surface area contributed by atoms with Gasteiger partial charge in [0.05, 0.1) is 18.5 Å². The van der Waals surface area contributed by atoms with Crippen molar-refractivity contribution in [3.8, 4) is 17.0 Å². The van der Waals surface area contributed by atoms with Crippen LogP contribution in [-0.2, 0) is 0 Å². The molecule has 0 radical (unpaired) electrons. The minimum atomic E-state index is -0.369. The zero-order valence-corrected chi connectivity index (χ0v) is 16.2. The molecule has 0 aliphatic rings. The standard InChI is InChI=1S/C22H21N5O2/c1-3-29-21-11-7-5-9-16(21)19-12-20(26-25-19)22(28)27-23-13-17-14(2)24-18-10-6-4-8-15(17)18/h4-13,24H,3H2,1-2H3,(H,25,26)(H,27,28)/b23-13+. The van der Waals surface area contributed by atoms with Gasteiger partial charge in [0.25, 0.3) is 5.91 Å². The smallest absolute Gasteiger partial charge is 0.289 e. The lowest BCUT2D eigenvalue weighted by Gasteiger charge is -2.07. The Kier molecular flexibility index (Phi) is 5.11. The number of aromatic amines is 2. The summed E-state index contributed by atoms with van der Waals surface area (Å²) in [6.45, 7) is 4.45. The lowest BCUT2D eigenvalue weighted by molar-refractivity contribution is 0.0950. The molecule has 0 saturated heterocycles. The van der Waals surface area contributed by atoms with Gasteiger partial charge < -0.3 is 9.72 Å². The van der Waals surface area contributed by atoms with Gasteiger partial charge in [0.2, 0.25) is 0 Å². The molecule has 146 valence electrons. The van der Waals surface area contributed by atoms with E-state index in [1.807, 2.05) is 62.4 Å². The summed E-state index contributed by atoms with van der Waals surface area (Å²) in [5, 5.41) is 12.2. The average Bonchev–Trinajstić information content (AvgIpc) is 3.34. The summed E-state index contributed by atoms with van der Waals surface area (Å²) >= 11 is 0. The largest absolute Gasteiger partial charge is 0.493 e. The molecule has 0 bridgehead atoms. The third kappa shape index (κ3) is 3.75. The van der Waals surface area contributed by atoms with E-state index in [9.17, 15) is 4.79 Å². The van der Waals surface area contributed by atoms with Gasteiger partial charge in [-0.2, -0.15) is 10.2 Å². The summed E-state index contributed by atoms with van der Waals surface area (Å²) in [4.78, 5) is 15.7. The van der Waals surface area contributed by atoms with Crippen molar-refractivity contribution in [1.29, 1.82) is 0 Å². The number of amides is 1. The highest BCUT2D eigenvalue weighted by molar-refractivity contribution is 6.01. The predicted octanol–water partition coefficient (Wildman–Crippen LogP) is 4.03. The van der Waals surface area contributed by atoms with Crippen molar-refractivity contribution in [2.24, 2.45) is 5.10 Å². The van der Waals surface area contributed by atoms with Crippen LogP contribution in [0.2, 0.25) is 0 Å². The first-order valence-corrected chi connectivity index (χ1v) is 9.35. The molecule has 0 saturated carbocycles. The number of carbonyl (C=O) groups is 1. The second kappa shape index (κ2) is 8.02. The number of aromatic nitrogens is 3. The molecule has 1 amide bonds. The van der Waals surface area contributed by atoms with E-state index in [1.54, 1.807) is 12.3 Å². The molecule has 0 aliphatic carbocycles. The van der Waals surface area contributed by atoms with Gasteiger partial charge in [-0.3, -0.25) is 9.89 Å². The van der Waals surface area contributed by atoms with Gasteiger partial charge in [-0.1, -0.05) is 30.3 Å². The van der Waals surface area contributed by atoms with Crippen LogP contribution >= 0.6 is 0 Å². The third-order valence-electron chi connectivity index (χ3n) is 4.59. The molecule has 2 heterocycles. The van der Waals surface area contributed by atoms with E-state index in [1.165, 1.54) is 0 Å². The molecule has 7 heteroatoms. The van der Waals surface area contributed by atoms with Crippen LogP contribution in [0, 0.1) is 6.92 Å². The van der Waals surface area contributed by atoms with E-state index >= 15 is 0 Å². The zero-order chi connectivity index (χ0) is 20.2. The minimum Gasteiger partial charge on any atom is -0.493 e. The topological polar surface area (TPSA) is 95.2 Å². The molecule has 2 aromatic heterocycles. The Morgan fingerprint density at radius 2 is 2.00 bits per heavy atom. The maximum absolute atomic E-state index is 12.4. The Morgan fingerprint density at radius 3 is 2.86 bits per heavy atom. The van der Waals surface area contributed by atoms with E-state index in [-0.39, 0.29) is 5.91 Å². The zero-order valence-electron chi connectivity index (χ0n) is 16.2. The molecule has 4 rings (SSSR count). The average molecular weight is 387 g/mol. The molecule has 0 fully saturated rings. The summed E-state index contributed by atoms with van der Waals surface area (Å²) < 4.78 is 5.63. The Bertz CT molecular complexity index is 1190. The molecule has 4 aromatic rings. The lowest BCUT2D eigenvalue weighted by Crippen LogP contribution is -2.18. The van der Waals surface area contributed by atoms with Crippen LogP contribution in [-0.4, -0.2) is 33.9 Å². The van der Waals surface area contributed by atoms with Crippen molar-refractivity contribution < 1.29 is 9.53 Å². The van der Waals surface area contributed by atoms with Gasteiger partial charge in [-0.15, -0.1) is 0 Å². The minimum absolute atomic E-state index is 0.319. The quantitative estimate of drug-likeness (QED) is 0.344. The third-order valence-corrected chi connectivity index (χ3v) is 4.59. The summed E-state index contributed by atoms with van der Waals surface area (Å²) in [5.74, 6) is 0.354. The SMILES string of the molecule is CCOc1ccccc1-c1cc(C(=O)N/N=C/c2c(C)[nH]c3ccccc23)[nH]n1. The van der Waals surface area contributed by atoms with E-state index in [2.05, 4.69) is 25.7 Å². The van der Waals surface area contributed by atoms with Crippen LogP contribution < -0.4 is 10.2 Å². The molecule has 3 N–H and O–H groups in total. The highest BCUT2D eigenvalue weighted by Crippen LogP contribution is 2.28. The number of fused-ring (bicyclic) bond motifs is 1. The normalized spacial score (nSPS) is 11.2. The highest BCUT2D eigenvalue weighted by Gasteiger charge is 2.13. The fourth-order valence-corrected chi connectivity index (χ4v) is 3.22. The number of benzene rings is 2. The van der Waals surface area contributed by atoms with E-state index in [0.29, 0.717) is 18.0 Å². The van der Waals surface area contributed by atoms with Gasteiger partial charge in [0.1, 0.15) is 11.4 Å². The number of ether oxygens (including phenoxy) is 1. The number of aryl methyl sites for hydroxylation is 1. The van der Waals surface area contributed by atoms with E-state index in [4.69, 9.17) is 4.74 Å². The Morgan fingerprint density at radius 1 is 1.21 bits per heavy atom. The van der Waals surface area contributed by atoms with Crippen molar-refractivity contribution >= 4 is 23.0 Å². The maximum atomic E-state index is 12.4. The molecule has 0 unspecified atom stereocenters. The number of hydrogen-bond donors (Lipinski definition) is 3. The van der Waals surface area contributed by atoms with Gasteiger partial charge in [-0.05, 0) is 38.1 Å². The molecule has 29 heavy (non-hydrogen) atoms. The van der Waals surface area contributed by atoms with Crippen molar-refractivity contribution in [3.05, 3.63) is 71.5 Å². The number of rotatable bonds is 6. The summed E-state index contributed by atoms with van der Waals surface area (Å²) in [6, 6.07) is 17.2. The van der Waals surface area contributed by atoms with Crippen molar-refractivity contribution in [2.75, 3.05) is 6.61 Å². The molecule has 0 atom stereocenters. The number of nitrogens with zero attached hydrogens (tertiary/aromatic N) is 2. The predicted molar refractivity (Wildman–Crippen MR) is 113 cm³/mol. The Labute approximate surface area is 167 Å². The van der Waals surface area contributed by atoms with Crippen LogP contribution in [0.25, 0.3) is 22.2 Å².